The minimum absolute atomic E-state index is 0.177. The molecule has 1 atom stereocenters. The van der Waals surface area contributed by atoms with Gasteiger partial charge in [0.2, 0.25) is 0 Å². The van der Waals surface area contributed by atoms with Gasteiger partial charge in [0.1, 0.15) is 0 Å². The van der Waals surface area contributed by atoms with Crippen LogP contribution in [0.5, 0.6) is 0 Å². The summed E-state index contributed by atoms with van der Waals surface area (Å²) in [5.41, 5.74) is -0.861. The van der Waals surface area contributed by atoms with Crippen LogP contribution in [0.2, 0.25) is 0 Å². The summed E-state index contributed by atoms with van der Waals surface area (Å²) in [5, 5.41) is 53.6. The van der Waals surface area contributed by atoms with E-state index in [4.69, 9.17) is 20.4 Å². The number of aliphatic hydroxyl groups is 6. The molecule has 0 saturated carbocycles. The third-order valence-corrected chi connectivity index (χ3v) is 3.14. The van der Waals surface area contributed by atoms with Crippen molar-refractivity contribution in [1.29, 1.82) is 0 Å². The van der Waals surface area contributed by atoms with E-state index in [1.165, 1.54) is 0 Å². The lowest BCUT2D eigenvalue weighted by molar-refractivity contribution is -0.315. The van der Waals surface area contributed by atoms with Crippen LogP contribution in [-0.2, 0) is 0 Å². The lowest BCUT2D eigenvalue weighted by atomic mass is 9.74. The van der Waals surface area contributed by atoms with Crippen LogP contribution in [0, 0.1) is 11.3 Å². The predicted molar refractivity (Wildman–Crippen MR) is 56.1 cm³/mol. The molecule has 16 heavy (non-hydrogen) atoms. The van der Waals surface area contributed by atoms with Crippen LogP contribution in [0.3, 0.4) is 0 Å². The summed E-state index contributed by atoms with van der Waals surface area (Å²) in [4.78, 5) is 0. The molecular formula is C10H22O6. The SMILES string of the molecule is CC(CO)C(CO)(CO)CCCC(O)(O)O. The average molecular weight is 238 g/mol. The molecule has 1 unspecified atom stereocenters. The van der Waals surface area contributed by atoms with Gasteiger partial charge in [0.25, 0.3) is 5.97 Å². The second kappa shape index (κ2) is 6.48. The van der Waals surface area contributed by atoms with E-state index in [0.717, 1.165) is 0 Å². The standard InChI is InChI=1S/C10H22O6/c1-8(5-11)9(6-12,7-13)3-2-4-10(14,15)16/h8,11-16H,2-7H2,1H3. The number of rotatable bonds is 8. The van der Waals surface area contributed by atoms with E-state index < -0.39 is 11.4 Å². The van der Waals surface area contributed by atoms with Crippen molar-refractivity contribution < 1.29 is 30.6 Å². The molecule has 0 fully saturated rings. The Balaban J connectivity index is 4.33. The van der Waals surface area contributed by atoms with Crippen LogP contribution in [0.4, 0.5) is 0 Å². The van der Waals surface area contributed by atoms with E-state index in [9.17, 15) is 10.2 Å². The molecule has 0 aromatic rings. The smallest absolute Gasteiger partial charge is 0.275 e. The van der Waals surface area contributed by atoms with Crippen molar-refractivity contribution in [3.05, 3.63) is 0 Å². The van der Waals surface area contributed by atoms with Crippen molar-refractivity contribution in [1.82, 2.24) is 0 Å². The molecule has 0 bridgehead atoms. The molecule has 0 amide bonds. The normalized spacial score (nSPS) is 15.2. The highest BCUT2D eigenvalue weighted by Gasteiger charge is 2.35. The van der Waals surface area contributed by atoms with E-state index in [1.807, 2.05) is 0 Å². The van der Waals surface area contributed by atoms with Gasteiger partial charge in [-0.1, -0.05) is 6.92 Å². The van der Waals surface area contributed by atoms with Gasteiger partial charge in [0.15, 0.2) is 0 Å². The first-order valence-corrected chi connectivity index (χ1v) is 5.31. The van der Waals surface area contributed by atoms with Crippen LogP contribution in [0.25, 0.3) is 0 Å². The molecule has 0 saturated heterocycles. The maximum absolute atomic E-state index is 9.25. The first-order chi connectivity index (χ1) is 7.31. The Morgan fingerprint density at radius 1 is 0.938 bits per heavy atom. The zero-order chi connectivity index (χ0) is 12.8. The second-order valence-electron chi connectivity index (χ2n) is 4.39. The molecule has 0 aromatic heterocycles. The van der Waals surface area contributed by atoms with Crippen molar-refractivity contribution >= 4 is 0 Å². The first kappa shape index (κ1) is 15.8. The molecule has 0 aliphatic heterocycles. The Hall–Kier alpha value is -0.240. The maximum Gasteiger partial charge on any atom is 0.275 e. The number of aliphatic hydroxyl groups excluding tert-OH is 3. The lowest BCUT2D eigenvalue weighted by Gasteiger charge is -2.35. The third-order valence-electron chi connectivity index (χ3n) is 3.14. The molecule has 0 heterocycles. The van der Waals surface area contributed by atoms with Crippen LogP contribution in [-0.4, -0.2) is 56.4 Å². The van der Waals surface area contributed by atoms with Crippen molar-refractivity contribution in [2.24, 2.45) is 11.3 Å². The van der Waals surface area contributed by atoms with Gasteiger partial charge in [-0.15, -0.1) is 0 Å². The zero-order valence-corrected chi connectivity index (χ0v) is 9.50. The fourth-order valence-corrected chi connectivity index (χ4v) is 1.64. The molecule has 0 aliphatic carbocycles. The van der Waals surface area contributed by atoms with Crippen LogP contribution in [0.15, 0.2) is 0 Å². The molecule has 6 nitrogen and oxygen atoms in total. The summed E-state index contributed by atoms with van der Waals surface area (Å²) in [5.74, 6) is -3.04. The van der Waals surface area contributed by atoms with Gasteiger partial charge in [-0.2, -0.15) is 0 Å². The van der Waals surface area contributed by atoms with Crippen LogP contribution >= 0.6 is 0 Å². The van der Waals surface area contributed by atoms with E-state index in [-0.39, 0.29) is 45.0 Å². The summed E-state index contributed by atoms with van der Waals surface area (Å²) < 4.78 is 0. The van der Waals surface area contributed by atoms with Gasteiger partial charge in [0.05, 0.1) is 13.2 Å². The quantitative estimate of drug-likeness (QED) is 0.283. The summed E-state index contributed by atoms with van der Waals surface area (Å²) in [6, 6.07) is 0. The second-order valence-corrected chi connectivity index (χ2v) is 4.39. The van der Waals surface area contributed by atoms with Crippen molar-refractivity contribution in [2.45, 2.75) is 32.2 Å². The first-order valence-electron chi connectivity index (χ1n) is 5.31. The van der Waals surface area contributed by atoms with Crippen LogP contribution in [0.1, 0.15) is 26.2 Å². The summed E-state index contributed by atoms with van der Waals surface area (Å²) in [6.45, 7) is 0.904. The van der Waals surface area contributed by atoms with Gasteiger partial charge in [-0.3, -0.25) is 0 Å². The van der Waals surface area contributed by atoms with E-state index in [2.05, 4.69) is 0 Å². The Bertz CT molecular complexity index is 184. The lowest BCUT2D eigenvalue weighted by Crippen LogP contribution is -2.39. The largest absolute Gasteiger partial charge is 0.396 e. The third kappa shape index (κ3) is 4.73. The molecule has 0 radical (unpaired) electrons. The Labute approximate surface area is 94.8 Å². The topological polar surface area (TPSA) is 121 Å². The van der Waals surface area contributed by atoms with Crippen LogP contribution < -0.4 is 0 Å². The van der Waals surface area contributed by atoms with E-state index in [0.29, 0.717) is 0 Å². The average Bonchev–Trinajstić information content (AvgIpc) is 2.22. The van der Waals surface area contributed by atoms with Gasteiger partial charge >= 0.3 is 0 Å². The minimum Gasteiger partial charge on any atom is -0.396 e. The van der Waals surface area contributed by atoms with Crippen molar-refractivity contribution in [2.75, 3.05) is 19.8 Å². The highest BCUT2D eigenvalue weighted by atomic mass is 16.7. The predicted octanol–water partition coefficient (Wildman–Crippen LogP) is -1.61. The fraction of sp³-hybridized carbons (Fsp3) is 1.00. The molecule has 0 aromatic carbocycles. The van der Waals surface area contributed by atoms with Gasteiger partial charge in [-0.25, -0.2) is 0 Å². The summed E-state index contributed by atoms with van der Waals surface area (Å²) >= 11 is 0. The van der Waals surface area contributed by atoms with Gasteiger partial charge in [-0.05, 0) is 18.8 Å². The fourth-order valence-electron chi connectivity index (χ4n) is 1.64. The highest BCUT2D eigenvalue weighted by molar-refractivity contribution is 4.83. The summed E-state index contributed by atoms with van der Waals surface area (Å²) in [6.07, 6.45) is 0.229. The minimum atomic E-state index is -2.72. The van der Waals surface area contributed by atoms with Crippen molar-refractivity contribution in [3.63, 3.8) is 0 Å². The zero-order valence-electron chi connectivity index (χ0n) is 9.50. The Kier molecular flexibility index (Phi) is 6.39. The Morgan fingerprint density at radius 2 is 1.44 bits per heavy atom. The highest BCUT2D eigenvalue weighted by Crippen LogP contribution is 2.33. The van der Waals surface area contributed by atoms with E-state index >= 15 is 0 Å². The maximum atomic E-state index is 9.25. The van der Waals surface area contributed by atoms with E-state index in [1.54, 1.807) is 6.92 Å². The van der Waals surface area contributed by atoms with Gasteiger partial charge < -0.3 is 30.6 Å². The monoisotopic (exact) mass is 238 g/mol. The Morgan fingerprint density at radius 3 is 1.75 bits per heavy atom. The van der Waals surface area contributed by atoms with Gasteiger partial charge in [0, 0.05) is 18.4 Å². The molecule has 0 rings (SSSR count). The molecular weight excluding hydrogens is 216 g/mol. The molecule has 0 spiro atoms. The molecule has 6 N–H and O–H groups in total. The molecule has 98 valence electrons. The number of hydrogen-bond acceptors (Lipinski definition) is 6. The molecule has 0 aliphatic rings. The van der Waals surface area contributed by atoms with Crippen molar-refractivity contribution in [3.8, 4) is 0 Å². The summed E-state index contributed by atoms with van der Waals surface area (Å²) in [7, 11) is 0. The molecule has 6 heteroatoms. The number of hydrogen-bond donors (Lipinski definition) is 6.